The minimum atomic E-state index is -0.0433. The minimum absolute atomic E-state index is 0.0433. The zero-order chi connectivity index (χ0) is 13.3. The molecule has 3 nitrogen and oxygen atoms in total. The second kappa shape index (κ2) is 5.41. The maximum absolute atomic E-state index is 12.3. The van der Waals surface area contributed by atoms with E-state index in [1.165, 1.54) is 5.56 Å². The molecule has 98 valence electrons. The van der Waals surface area contributed by atoms with Crippen molar-refractivity contribution in [3.63, 3.8) is 0 Å². The van der Waals surface area contributed by atoms with Crippen LogP contribution >= 0.6 is 15.9 Å². The van der Waals surface area contributed by atoms with Crippen molar-refractivity contribution >= 4 is 27.5 Å². The van der Waals surface area contributed by atoms with Crippen LogP contribution in [0.5, 0.6) is 0 Å². The lowest BCUT2D eigenvalue weighted by Gasteiger charge is -2.20. The Labute approximate surface area is 117 Å². The number of nitrogens with zero attached hydrogens (tertiary/aromatic N) is 1. The van der Waals surface area contributed by atoms with Crippen LogP contribution in [0.15, 0.2) is 22.7 Å². The Morgan fingerprint density at radius 2 is 2.17 bits per heavy atom. The molecule has 1 fully saturated rings. The smallest absolute Gasteiger partial charge is 0.244 e. The van der Waals surface area contributed by atoms with Crippen molar-refractivity contribution in [1.82, 2.24) is 5.32 Å². The Morgan fingerprint density at radius 1 is 1.44 bits per heavy atom. The summed E-state index contributed by atoms with van der Waals surface area (Å²) in [5, 5.41) is 3.32. The minimum Gasteiger partial charge on any atom is -0.310 e. The Morgan fingerprint density at radius 3 is 2.78 bits per heavy atom. The quantitative estimate of drug-likeness (QED) is 0.931. The lowest BCUT2D eigenvalue weighted by molar-refractivity contribution is -0.118. The van der Waals surface area contributed by atoms with Gasteiger partial charge in [-0.2, -0.15) is 0 Å². The molecule has 1 heterocycles. The molecule has 4 heteroatoms. The molecule has 0 bridgehead atoms. The molecule has 1 atom stereocenters. The van der Waals surface area contributed by atoms with E-state index in [1.54, 1.807) is 0 Å². The third-order valence-electron chi connectivity index (χ3n) is 3.13. The summed E-state index contributed by atoms with van der Waals surface area (Å²) in [5.74, 6) is 0.174. The van der Waals surface area contributed by atoms with Gasteiger partial charge in [0.15, 0.2) is 0 Å². The molecular weight excluding hydrogens is 292 g/mol. The van der Waals surface area contributed by atoms with E-state index in [2.05, 4.69) is 35.1 Å². The highest BCUT2D eigenvalue weighted by Crippen LogP contribution is 2.30. The second-order valence-electron chi connectivity index (χ2n) is 5.11. The van der Waals surface area contributed by atoms with Crippen molar-refractivity contribution in [3.8, 4) is 0 Å². The fourth-order valence-corrected chi connectivity index (χ4v) is 3.01. The van der Waals surface area contributed by atoms with Gasteiger partial charge in [0.2, 0.25) is 5.91 Å². The normalized spacial score (nSPS) is 19.9. The van der Waals surface area contributed by atoms with E-state index in [0.717, 1.165) is 23.1 Å². The first-order chi connectivity index (χ1) is 8.49. The van der Waals surface area contributed by atoms with Crippen LogP contribution in [0.25, 0.3) is 0 Å². The summed E-state index contributed by atoms with van der Waals surface area (Å²) in [6.07, 6.45) is 0.872. The first-order valence-electron chi connectivity index (χ1n) is 6.32. The maximum atomic E-state index is 12.3. The largest absolute Gasteiger partial charge is 0.310 e. The molecule has 1 aromatic carbocycles. The molecule has 1 saturated heterocycles. The van der Waals surface area contributed by atoms with Gasteiger partial charge in [-0.15, -0.1) is 0 Å². The molecule has 0 saturated carbocycles. The Hall–Kier alpha value is -0.870. The van der Waals surface area contributed by atoms with Crippen molar-refractivity contribution < 1.29 is 4.79 Å². The van der Waals surface area contributed by atoms with Gasteiger partial charge < -0.3 is 10.2 Å². The topological polar surface area (TPSA) is 32.3 Å². The average Bonchev–Trinajstić information content (AvgIpc) is 2.60. The number of nitrogens with one attached hydrogen (secondary N) is 1. The van der Waals surface area contributed by atoms with Gasteiger partial charge in [-0.3, -0.25) is 4.79 Å². The van der Waals surface area contributed by atoms with Crippen molar-refractivity contribution in [2.75, 3.05) is 11.4 Å². The van der Waals surface area contributed by atoms with Gasteiger partial charge in [-0.1, -0.05) is 19.9 Å². The summed E-state index contributed by atoms with van der Waals surface area (Å²) in [6.45, 7) is 6.96. The van der Waals surface area contributed by atoms with Crippen molar-refractivity contribution in [2.24, 2.45) is 0 Å². The van der Waals surface area contributed by atoms with Gasteiger partial charge in [0, 0.05) is 17.1 Å². The number of anilines is 1. The maximum Gasteiger partial charge on any atom is 0.244 e. The van der Waals surface area contributed by atoms with E-state index in [-0.39, 0.29) is 11.9 Å². The lowest BCUT2D eigenvalue weighted by Crippen LogP contribution is -2.41. The number of benzene rings is 1. The third kappa shape index (κ3) is 2.75. The monoisotopic (exact) mass is 310 g/mol. The fraction of sp³-hybridized carbons (Fsp3) is 0.500. The van der Waals surface area contributed by atoms with Crippen LogP contribution in [-0.4, -0.2) is 24.5 Å². The molecule has 1 unspecified atom stereocenters. The average molecular weight is 311 g/mol. The van der Waals surface area contributed by atoms with Crippen LogP contribution in [-0.2, 0) is 4.79 Å². The molecule has 0 aromatic heterocycles. The van der Waals surface area contributed by atoms with Crippen molar-refractivity contribution in [3.05, 3.63) is 28.2 Å². The van der Waals surface area contributed by atoms with Gasteiger partial charge in [-0.05, 0) is 47.0 Å². The molecule has 0 aliphatic carbocycles. The van der Waals surface area contributed by atoms with Gasteiger partial charge in [-0.25, -0.2) is 0 Å². The zero-order valence-electron chi connectivity index (χ0n) is 11.0. The third-order valence-corrected chi connectivity index (χ3v) is 3.77. The molecule has 1 N–H and O–H groups in total. The molecule has 0 radical (unpaired) electrons. The number of rotatable bonds is 3. The van der Waals surface area contributed by atoms with E-state index in [9.17, 15) is 4.79 Å². The highest BCUT2D eigenvalue weighted by atomic mass is 79.9. The van der Waals surface area contributed by atoms with Crippen LogP contribution in [0.4, 0.5) is 5.69 Å². The van der Waals surface area contributed by atoms with E-state index < -0.39 is 0 Å². The second-order valence-corrected chi connectivity index (χ2v) is 5.96. The molecule has 1 amide bonds. The Bertz CT molecular complexity index is 459. The first-order valence-corrected chi connectivity index (χ1v) is 7.12. The number of halogens is 1. The van der Waals surface area contributed by atoms with E-state index in [0.29, 0.717) is 6.04 Å². The van der Waals surface area contributed by atoms with Crippen LogP contribution in [0.3, 0.4) is 0 Å². The van der Waals surface area contributed by atoms with E-state index >= 15 is 0 Å². The lowest BCUT2D eigenvalue weighted by atomic mass is 10.2. The van der Waals surface area contributed by atoms with E-state index in [1.807, 2.05) is 30.0 Å². The number of amides is 1. The molecule has 2 rings (SSSR count). The predicted molar refractivity (Wildman–Crippen MR) is 77.9 cm³/mol. The first kappa shape index (κ1) is 13.6. The molecule has 18 heavy (non-hydrogen) atoms. The highest BCUT2D eigenvalue weighted by molar-refractivity contribution is 9.10. The molecule has 1 aromatic rings. The van der Waals surface area contributed by atoms with Gasteiger partial charge in [0.1, 0.15) is 0 Å². The standard InChI is InChI=1S/C14H19BrN2O/c1-9(2)16-12-6-7-17(14(12)18)13-5-4-10(3)8-11(13)15/h4-5,8-9,12,16H,6-7H2,1-3H3. The zero-order valence-corrected chi connectivity index (χ0v) is 12.6. The summed E-state index contributed by atoms with van der Waals surface area (Å²) >= 11 is 3.54. The number of hydrogen-bond donors (Lipinski definition) is 1. The highest BCUT2D eigenvalue weighted by Gasteiger charge is 2.33. The molecule has 1 aliphatic rings. The summed E-state index contributed by atoms with van der Waals surface area (Å²) in [5.41, 5.74) is 2.16. The summed E-state index contributed by atoms with van der Waals surface area (Å²) < 4.78 is 0.987. The fourth-order valence-electron chi connectivity index (χ4n) is 2.31. The van der Waals surface area contributed by atoms with Gasteiger partial charge in [0.05, 0.1) is 11.7 Å². The SMILES string of the molecule is Cc1ccc(N2CCC(NC(C)C)C2=O)c(Br)c1. The van der Waals surface area contributed by atoms with Crippen LogP contribution in [0.1, 0.15) is 25.8 Å². The van der Waals surface area contributed by atoms with Crippen LogP contribution in [0, 0.1) is 6.92 Å². The predicted octanol–water partition coefficient (Wildman–Crippen LogP) is 2.86. The summed E-state index contributed by atoms with van der Waals surface area (Å²) in [7, 11) is 0. The summed E-state index contributed by atoms with van der Waals surface area (Å²) in [6, 6.07) is 6.39. The molecule has 1 aliphatic heterocycles. The number of hydrogen-bond acceptors (Lipinski definition) is 2. The number of carbonyl (C=O) groups is 1. The van der Waals surface area contributed by atoms with Crippen LogP contribution in [0.2, 0.25) is 0 Å². The van der Waals surface area contributed by atoms with Gasteiger partial charge in [0.25, 0.3) is 0 Å². The Balaban J connectivity index is 2.18. The van der Waals surface area contributed by atoms with Gasteiger partial charge >= 0.3 is 0 Å². The molecular formula is C14H19BrN2O. The van der Waals surface area contributed by atoms with E-state index in [4.69, 9.17) is 0 Å². The van der Waals surface area contributed by atoms with Crippen molar-refractivity contribution in [1.29, 1.82) is 0 Å². The Kier molecular flexibility index (Phi) is 4.07. The molecule has 0 spiro atoms. The number of aryl methyl sites for hydroxylation is 1. The number of carbonyl (C=O) groups excluding carboxylic acids is 1. The van der Waals surface area contributed by atoms with Crippen molar-refractivity contribution in [2.45, 2.75) is 39.3 Å². The van der Waals surface area contributed by atoms with Crippen LogP contribution < -0.4 is 10.2 Å². The summed E-state index contributed by atoms with van der Waals surface area (Å²) in [4.78, 5) is 14.2.